The minimum atomic E-state index is -0.604. The Morgan fingerprint density at radius 1 is 1.06 bits per heavy atom. The fourth-order valence-electron chi connectivity index (χ4n) is 4.29. The van der Waals surface area contributed by atoms with Crippen molar-refractivity contribution >= 4 is 23.1 Å². The Kier molecular flexibility index (Phi) is 5.83. The molecule has 0 radical (unpaired) electrons. The summed E-state index contributed by atoms with van der Waals surface area (Å²) in [4.78, 5) is 25.7. The monoisotopic (exact) mass is 462 g/mol. The maximum atomic E-state index is 14.2. The molecule has 0 spiro atoms. The summed E-state index contributed by atoms with van der Waals surface area (Å²) in [6.45, 7) is 3.66. The standard InChI is InChI=1S/C25H24F2N6O/c1-17(25(34)32-13-11-31(12-14-32)21-8-7-19(26)15-20(21)27)29-24-23(18-5-3-2-4-6-18)30-22-16-28-9-10-33(22)24/h2-10,15-17,29H,11-14H2,1H3. The smallest absolute Gasteiger partial charge is 0.244 e. The number of nitrogens with one attached hydrogen (secondary N) is 1. The lowest BCUT2D eigenvalue weighted by Gasteiger charge is -2.37. The highest BCUT2D eigenvalue weighted by molar-refractivity contribution is 5.86. The number of benzene rings is 2. The minimum Gasteiger partial charge on any atom is -0.366 e. The molecule has 0 saturated carbocycles. The van der Waals surface area contributed by atoms with Gasteiger partial charge in [0.2, 0.25) is 5.91 Å². The second-order valence-corrected chi connectivity index (χ2v) is 8.25. The second kappa shape index (κ2) is 9.09. The number of fused-ring (bicyclic) bond motifs is 1. The highest BCUT2D eigenvalue weighted by Gasteiger charge is 2.27. The van der Waals surface area contributed by atoms with Gasteiger partial charge in [0.1, 0.15) is 29.2 Å². The van der Waals surface area contributed by atoms with Crippen LogP contribution in [0.1, 0.15) is 6.92 Å². The largest absolute Gasteiger partial charge is 0.366 e. The molecule has 0 bridgehead atoms. The van der Waals surface area contributed by atoms with Gasteiger partial charge in [0, 0.05) is 50.2 Å². The second-order valence-electron chi connectivity index (χ2n) is 8.25. The number of nitrogens with zero attached hydrogens (tertiary/aromatic N) is 5. The average molecular weight is 463 g/mol. The Labute approximate surface area is 195 Å². The van der Waals surface area contributed by atoms with Crippen LogP contribution in [0.4, 0.5) is 20.3 Å². The molecule has 1 saturated heterocycles. The first-order valence-corrected chi connectivity index (χ1v) is 11.1. The van der Waals surface area contributed by atoms with Gasteiger partial charge in [-0.05, 0) is 19.1 Å². The van der Waals surface area contributed by atoms with E-state index in [0.29, 0.717) is 37.5 Å². The highest BCUT2D eigenvalue weighted by atomic mass is 19.1. The maximum absolute atomic E-state index is 14.2. The molecule has 1 aliphatic rings. The van der Waals surface area contributed by atoms with Crippen molar-refractivity contribution in [3.05, 3.63) is 78.8 Å². The fourth-order valence-corrected chi connectivity index (χ4v) is 4.29. The molecule has 9 heteroatoms. The Morgan fingerprint density at radius 2 is 1.82 bits per heavy atom. The Balaban J connectivity index is 1.32. The molecule has 7 nitrogen and oxygen atoms in total. The van der Waals surface area contributed by atoms with Gasteiger partial charge in [-0.15, -0.1) is 0 Å². The molecule has 2 aromatic carbocycles. The molecule has 1 fully saturated rings. The first-order chi connectivity index (χ1) is 16.5. The van der Waals surface area contributed by atoms with E-state index in [-0.39, 0.29) is 5.91 Å². The maximum Gasteiger partial charge on any atom is 0.244 e. The van der Waals surface area contributed by atoms with Crippen LogP contribution in [0.3, 0.4) is 0 Å². The van der Waals surface area contributed by atoms with Gasteiger partial charge in [-0.25, -0.2) is 13.8 Å². The van der Waals surface area contributed by atoms with Crippen LogP contribution in [0.25, 0.3) is 16.9 Å². The third kappa shape index (κ3) is 4.16. The lowest BCUT2D eigenvalue weighted by Crippen LogP contribution is -2.52. The average Bonchev–Trinajstić information content (AvgIpc) is 3.22. The zero-order valence-electron chi connectivity index (χ0n) is 18.7. The van der Waals surface area contributed by atoms with Gasteiger partial charge >= 0.3 is 0 Å². The lowest BCUT2D eigenvalue weighted by atomic mass is 10.1. The SMILES string of the molecule is CC(Nc1c(-c2ccccc2)nc2cnccn12)C(=O)N1CCN(c2ccc(F)cc2F)CC1. The molecule has 3 heterocycles. The van der Waals surface area contributed by atoms with Crippen molar-refractivity contribution in [1.82, 2.24) is 19.3 Å². The number of imidazole rings is 1. The minimum absolute atomic E-state index is 0.0535. The number of hydrogen-bond donors (Lipinski definition) is 1. The molecule has 174 valence electrons. The van der Waals surface area contributed by atoms with Crippen molar-refractivity contribution in [2.24, 2.45) is 0 Å². The van der Waals surface area contributed by atoms with Gasteiger partial charge in [0.25, 0.3) is 0 Å². The Hall–Kier alpha value is -4.01. The van der Waals surface area contributed by atoms with Crippen molar-refractivity contribution in [3.63, 3.8) is 0 Å². The van der Waals surface area contributed by atoms with E-state index < -0.39 is 17.7 Å². The number of hydrogen-bond acceptors (Lipinski definition) is 5. The number of carbonyl (C=O) groups is 1. The lowest BCUT2D eigenvalue weighted by molar-refractivity contribution is -0.131. The number of anilines is 2. The summed E-state index contributed by atoms with van der Waals surface area (Å²) in [6, 6.07) is 12.8. The number of carbonyl (C=O) groups excluding carboxylic acids is 1. The highest BCUT2D eigenvalue weighted by Crippen LogP contribution is 2.29. The molecule has 4 aromatic rings. The van der Waals surface area contributed by atoms with Crippen molar-refractivity contribution in [1.29, 1.82) is 0 Å². The van der Waals surface area contributed by atoms with E-state index in [0.717, 1.165) is 23.1 Å². The molecule has 2 aromatic heterocycles. The molecule has 34 heavy (non-hydrogen) atoms. The van der Waals surface area contributed by atoms with E-state index in [1.807, 2.05) is 52.8 Å². The van der Waals surface area contributed by atoms with Crippen LogP contribution in [0.5, 0.6) is 0 Å². The van der Waals surface area contributed by atoms with E-state index >= 15 is 0 Å². The predicted octanol–water partition coefficient (Wildman–Crippen LogP) is 3.82. The predicted molar refractivity (Wildman–Crippen MR) is 127 cm³/mol. The van der Waals surface area contributed by atoms with Crippen LogP contribution in [-0.2, 0) is 4.79 Å². The zero-order valence-corrected chi connectivity index (χ0v) is 18.7. The molecular formula is C25H24F2N6O. The number of halogens is 2. The number of aromatic nitrogens is 3. The normalized spacial score (nSPS) is 14.9. The quantitative estimate of drug-likeness (QED) is 0.489. The topological polar surface area (TPSA) is 65.8 Å². The van der Waals surface area contributed by atoms with Crippen molar-refractivity contribution in [2.45, 2.75) is 13.0 Å². The van der Waals surface area contributed by atoms with Gasteiger partial charge < -0.3 is 15.1 Å². The van der Waals surface area contributed by atoms with Crippen LogP contribution in [0, 0.1) is 11.6 Å². The Morgan fingerprint density at radius 3 is 2.56 bits per heavy atom. The van der Waals surface area contributed by atoms with Crippen molar-refractivity contribution in [2.75, 3.05) is 36.4 Å². The van der Waals surface area contributed by atoms with Crippen molar-refractivity contribution < 1.29 is 13.6 Å². The Bertz CT molecular complexity index is 1320. The van der Waals surface area contributed by atoms with Crippen LogP contribution in [0.2, 0.25) is 0 Å². The van der Waals surface area contributed by atoms with Crippen LogP contribution in [-0.4, -0.2) is 57.4 Å². The summed E-state index contributed by atoms with van der Waals surface area (Å²) < 4.78 is 29.3. The third-order valence-corrected chi connectivity index (χ3v) is 6.04. The molecule has 1 unspecified atom stereocenters. The fraction of sp³-hybridized carbons (Fsp3) is 0.240. The molecule has 1 atom stereocenters. The molecule has 0 aliphatic carbocycles. The van der Waals surface area contributed by atoms with Gasteiger partial charge in [-0.2, -0.15) is 0 Å². The van der Waals surface area contributed by atoms with Gasteiger partial charge in [-0.1, -0.05) is 30.3 Å². The summed E-state index contributed by atoms with van der Waals surface area (Å²) in [5.41, 5.74) is 2.71. The molecule has 1 aliphatic heterocycles. The van der Waals surface area contributed by atoms with Crippen molar-refractivity contribution in [3.8, 4) is 11.3 Å². The van der Waals surface area contributed by atoms with E-state index in [9.17, 15) is 13.6 Å². The summed E-state index contributed by atoms with van der Waals surface area (Å²) in [6.07, 6.45) is 5.16. The van der Waals surface area contributed by atoms with Gasteiger partial charge in [0.15, 0.2) is 5.65 Å². The van der Waals surface area contributed by atoms with E-state index in [1.165, 1.54) is 12.1 Å². The van der Waals surface area contributed by atoms with Gasteiger partial charge in [-0.3, -0.25) is 14.2 Å². The summed E-state index contributed by atoms with van der Waals surface area (Å²) in [7, 11) is 0. The zero-order chi connectivity index (χ0) is 23.7. The summed E-state index contributed by atoms with van der Waals surface area (Å²) in [5.74, 6) is -0.530. The molecule has 5 rings (SSSR count). The summed E-state index contributed by atoms with van der Waals surface area (Å²) >= 11 is 0. The number of piperazine rings is 1. The van der Waals surface area contributed by atoms with E-state index in [1.54, 1.807) is 17.3 Å². The van der Waals surface area contributed by atoms with E-state index in [4.69, 9.17) is 4.98 Å². The number of rotatable bonds is 5. The number of amides is 1. The van der Waals surface area contributed by atoms with E-state index in [2.05, 4.69) is 10.3 Å². The molecular weight excluding hydrogens is 438 g/mol. The van der Waals surface area contributed by atoms with Crippen LogP contribution >= 0.6 is 0 Å². The van der Waals surface area contributed by atoms with Gasteiger partial charge in [0.05, 0.1) is 11.9 Å². The first kappa shape index (κ1) is 21.8. The van der Waals surface area contributed by atoms with Crippen LogP contribution < -0.4 is 10.2 Å². The first-order valence-electron chi connectivity index (χ1n) is 11.1. The third-order valence-electron chi connectivity index (χ3n) is 6.04. The summed E-state index contributed by atoms with van der Waals surface area (Å²) in [5, 5.41) is 3.35. The molecule has 1 amide bonds. The molecule has 1 N–H and O–H groups in total. The van der Waals surface area contributed by atoms with Crippen LogP contribution in [0.15, 0.2) is 67.1 Å².